The van der Waals surface area contributed by atoms with Crippen LogP contribution in [0.3, 0.4) is 0 Å². The molecule has 8 nitrogen and oxygen atoms in total. The Morgan fingerprint density at radius 3 is 2.67 bits per heavy atom. The van der Waals surface area contributed by atoms with Gasteiger partial charge < -0.3 is 15.0 Å². The van der Waals surface area contributed by atoms with E-state index in [1.807, 2.05) is 0 Å². The second-order valence-electron chi connectivity index (χ2n) is 7.84. The molecule has 0 spiro atoms. The number of H-pyrrole nitrogens is 1. The summed E-state index contributed by atoms with van der Waals surface area (Å²) < 4.78 is 28.4. The van der Waals surface area contributed by atoms with Crippen molar-refractivity contribution < 1.29 is 18.3 Å². The molecule has 1 amide bonds. The van der Waals surface area contributed by atoms with E-state index < -0.39 is 16.1 Å². The Morgan fingerprint density at radius 2 is 1.97 bits per heavy atom. The Bertz CT molecular complexity index is 1230. The van der Waals surface area contributed by atoms with Gasteiger partial charge in [0.05, 0.1) is 10.6 Å². The summed E-state index contributed by atoms with van der Waals surface area (Å²) in [4.78, 5) is 21.3. The van der Waals surface area contributed by atoms with E-state index in [9.17, 15) is 18.3 Å². The molecule has 1 saturated heterocycles. The number of aromatic nitrogens is 2. The Labute approximate surface area is 174 Å². The zero-order valence-corrected chi connectivity index (χ0v) is 17.3. The highest BCUT2D eigenvalue weighted by Gasteiger charge is 2.36. The number of aromatic amines is 1. The van der Waals surface area contributed by atoms with E-state index in [0.29, 0.717) is 48.1 Å². The summed E-state index contributed by atoms with van der Waals surface area (Å²) in [5.41, 5.74) is 1.26. The lowest BCUT2D eigenvalue weighted by molar-refractivity contribution is 0.0696. The Morgan fingerprint density at radius 1 is 1.20 bits per heavy atom. The lowest BCUT2D eigenvalue weighted by Crippen LogP contribution is -2.39. The summed E-state index contributed by atoms with van der Waals surface area (Å²) >= 11 is 0. The Balaban J connectivity index is 1.45. The molecular formula is C21H22N4O4S. The van der Waals surface area contributed by atoms with E-state index >= 15 is 0 Å². The monoisotopic (exact) mass is 426 g/mol. The van der Waals surface area contributed by atoms with Gasteiger partial charge in [0.25, 0.3) is 5.91 Å². The van der Waals surface area contributed by atoms with Gasteiger partial charge in [-0.25, -0.2) is 13.4 Å². The summed E-state index contributed by atoms with van der Waals surface area (Å²) in [6.45, 7) is 0.652. The number of imidazole rings is 1. The third kappa shape index (κ3) is 2.77. The number of nitrogens with zero attached hydrogens (tertiary/aromatic N) is 3. The largest absolute Gasteiger partial charge is 0.385 e. The number of carbonyl (C=O) groups is 1. The number of carbonyl (C=O) groups excluding carboxylic acids is 1. The molecule has 2 aromatic carbocycles. The number of hydrogen-bond acceptors (Lipinski definition) is 5. The summed E-state index contributed by atoms with van der Waals surface area (Å²) in [6, 6.07) is 8.51. The molecule has 1 aromatic heterocycles. The fourth-order valence-electron chi connectivity index (χ4n) is 4.57. The molecule has 0 radical (unpaired) electrons. The number of rotatable bonds is 4. The molecule has 0 saturated carbocycles. The molecule has 2 aliphatic heterocycles. The molecule has 1 fully saturated rings. The first-order chi connectivity index (χ1) is 14.4. The van der Waals surface area contributed by atoms with Gasteiger partial charge in [0.2, 0.25) is 10.0 Å². The summed E-state index contributed by atoms with van der Waals surface area (Å²) in [5, 5.41) is 11.8. The van der Waals surface area contributed by atoms with Crippen molar-refractivity contribution in [3.8, 4) is 0 Å². The van der Waals surface area contributed by atoms with Crippen LogP contribution in [0.25, 0.3) is 10.8 Å². The minimum atomic E-state index is -3.73. The molecule has 30 heavy (non-hydrogen) atoms. The van der Waals surface area contributed by atoms with E-state index in [4.69, 9.17) is 0 Å². The summed E-state index contributed by atoms with van der Waals surface area (Å²) in [6.07, 6.45) is 3.61. The molecular weight excluding hydrogens is 404 g/mol. The number of nitrogens with one attached hydrogen (secondary N) is 1. The highest BCUT2D eigenvalue weighted by Crippen LogP contribution is 2.40. The van der Waals surface area contributed by atoms with Crippen molar-refractivity contribution in [3.63, 3.8) is 0 Å². The van der Waals surface area contributed by atoms with Crippen LogP contribution >= 0.6 is 0 Å². The van der Waals surface area contributed by atoms with Crippen LogP contribution in [0.4, 0.5) is 5.69 Å². The number of hydrogen-bond donors (Lipinski definition) is 2. The number of piperidine rings is 1. The number of sulfonamides is 1. The minimum Gasteiger partial charge on any atom is -0.385 e. The number of anilines is 1. The molecule has 0 bridgehead atoms. The smallest absolute Gasteiger partial charge is 0.258 e. The maximum absolute atomic E-state index is 13.5. The highest BCUT2D eigenvalue weighted by atomic mass is 32.2. The molecule has 2 aliphatic rings. The zero-order valence-electron chi connectivity index (χ0n) is 16.4. The van der Waals surface area contributed by atoms with Crippen molar-refractivity contribution in [2.24, 2.45) is 5.92 Å². The van der Waals surface area contributed by atoms with Gasteiger partial charge in [-0.1, -0.05) is 12.1 Å². The van der Waals surface area contributed by atoms with Gasteiger partial charge in [0, 0.05) is 48.9 Å². The highest BCUT2D eigenvalue weighted by molar-refractivity contribution is 7.89. The predicted molar refractivity (Wildman–Crippen MR) is 112 cm³/mol. The SMILES string of the molecule is CN1C(=O)c2cccc3c(S(=O)(=O)N4CCC(C(O)c5ncc[nH]5)CC4)ccc1c23. The van der Waals surface area contributed by atoms with Crippen LogP contribution in [-0.4, -0.2) is 53.8 Å². The molecule has 156 valence electrons. The number of aliphatic hydroxyl groups is 1. The third-order valence-electron chi connectivity index (χ3n) is 6.24. The van der Waals surface area contributed by atoms with Crippen LogP contribution in [0.2, 0.25) is 0 Å². The number of aliphatic hydroxyl groups excluding tert-OH is 1. The second-order valence-corrected chi connectivity index (χ2v) is 9.74. The molecule has 1 atom stereocenters. The minimum absolute atomic E-state index is 0.0540. The van der Waals surface area contributed by atoms with Crippen molar-refractivity contribution in [3.05, 3.63) is 54.1 Å². The van der Waals surface area contributed by atoms with Crippen LogP contribution in [0.5, 0.6) is 0 Å². The lowest BCUT2D eigenvalue weighted by Gasteiger charge is -2.33. The van der Waals surface area contributed by atoms with Gasteiger partial charge >= 0.3 is 0 Å². The van der Waals surface area contributed by atoms with Gasteiger partial charge in [-0.05, 0) is 37.0 Å². The molecule has 3 aromatic rings. The van der Waals surface area contributed by atoms with Gasteiger partial charge in [0.15, 0.2) is 0 Å². The first-order valence-electron chi connectivity index (χ1n) is 9.91. The van der Waals surface area contributed by atoms with Crippen molar-refractivity contribution in [1.82, 2.24) is 14.3 Å². The van der Waals surface area contributed by atoms with Gasteiger partial charge in [-0.3, -0.25) is 4.79 Å². The molecule has 3 heterocycles. The second kappa shape index (κ2) is 6.90. The quantitative estimate of drug-likeness (QED) is 0.666. The Kier molecular flexibility index (Phi) is 4.42. The number of benzene rings is 2. The van der Waals surface area contributed by atoms with E-state index in [1.165, 1.54) is 4.31 Å². The normalized spacial score (nSPS) is 19.0. The van der Waals surface area contributed by atoms with Crippen molar-refractivity contribution in [2.45, 2.75) is 23.8 Å². The van der Waals surface area contributed by atoms with E-state index in [1.54, 1.807) is 54.7 Å². The number of amides is 1. The van der Waals surface area contributed by atoms with Gasteiger partial charge in [-0.15, -0.1) is 0 Å². The predicted octanol–water partition coefficient (Wildman–Crippen LogP) is 2.29. The molecule has 5 rings (SSSR count). The third-order valence-corrected chi connectivity index (χ3v) is 8.19. The fraction of sp³-hybridized carbons (Fsp3) is 0.333. The average Bonchev–Trinajstić information content (AvgIpc) is 3.38. The fourth-order valence-corrected chi connectivity index (χ4v) is 6.23. The molecule has 9 heteroatoms. The maximum Gasteiger partial charge on any atom is 0.258 e. The van der Waals surface area contributed by atoms with Crippen LogP contribution in [-0.2, 0) is 10.0 Å². The van der Waals surface area contributed by atoms with Crippen molar-refractivity contribution in [2.75, 3.05) is 25.0 Å². The Hall–Kier alpha value is -2.75. The van der Waals surface area contributed by atoms with Crippen LogP contribution in [0, 0.1) is 5.92 Å². The van der Waals surface area contributed by atoms with E-state index in [0.717, 1.165) is 5.69 Å². The first kappa shape index (κ1) is 19.2. The lowest BCUT2D eigenvalue weighted by atomic mass is 9.92. The van der Waals surface area contributed by atoms with Gasteiger partial charge in [-0.2, -0.15) is 4.31 Å². The standard InChI is InChI=1S/C21H22N4O4S/c1-24-16-5-6-17(14-3-2-4-15(18(14)16)21(24)27)30(28,29)25-11-7-13(8-12-25)19(26)20-22-9-10-23-20/h2-6,9-10,13,19,26H,7-8,11-12H2,1H3,(H,22,23). The zero-order chi connectivity index (χ0) is 21.0. The van der Waals surface area contributed by atoms with Crippen molar-refractivity contribution >= 4 is 32.4 Å². The van der Waals surface area contributed by atoms with Crippen LogP contribution in [0.1, 0.15) is 35.1 Å². The molecule has 0 aliphatic carbocycles. The van der Waals surface area contributed by atoms with E-state index in [2.05, 4.69) is 9.97 Å². The molecule has 1 unspecified atom stereocenters. The van der Waals surface area contributed by atoms with Crippen LogP contribution < -0.4 is 4.90 Å². The van der Waals surface area contributed by atoms with Crippen LogP contribution in [0.15, 0.2) is 47.6 Å². The van der Waals surface area contributed by atoms with E-state index in [-0.39, 0.29) is 16.7 Å². The molecule has 2 N–H and O–H groups in total. The summed E-state index contributed by atoms with van der Waals surface area (Å²) in [7, 11) is -2.04. The summed E-state index contributed by atoms with van der Waals surface area (Å²) in [5.74, 6) is 0.331. The van der Waals surface area contributed by atoms with Gasteiger partial charge in [0.1, 0.15) is 11.9 Å². The maximum atomic E-state index is 13.5. The van der Waals surface area contributed by atoms with Crippen molar-refractivity contribution in [1.29, 1.82) is 0 Å². The average molecular weight is 426 g/mol. The topological polar surface area (TPSA) is 107 Å². The first-order valence-corrected chi connectivity index (χ1v) is 11.3.